The van der Waals surface area contributed by atoms with E-state index < -0.39 is 5.97 Å². The van der Waals surface area contributed by atoms with Crippen LogP contribution in [-0.4, -0.2) is 40.5 Å². The van der Waals surface area contributed by atoms with E-state index in [4.69, 9.17) is 25.8 Å². The third kappa shape index (κ3) is 6.26. The molecule has 0 aliphatic rings. The van der Waals surface area contributed by atoms with E-state index in [1.165, 1.54) is 20.3 Å². The number of aromatic nitrogens is 3. The van der Waals surface area contributed by atoms with Crippen molar-refractivity contribution in [3.05, 3.63) is 87.3 Å². The smallest absolute Gasteiger partial charge is 0.342 e. The van der Waals surface area contributed by atoms with Crippen LogP contribution < -0.4 is 14.2 Å². The molecule has 0 spiro atoms. The number of hydrogen-bond donors (Lipinski definition) is 2. The third-order valence-electron chi connectivity index (χ3n) is 5.30. The number of hydrogen-bond acceptors (Lipinski definition) is 8. The summed E-state index contributed by atoms with van der Waals surface area (Å²) in [5.74, 6) is 0.653. The molecule has 1 heterocycles. The Labute approximate surface area is 227 Å². The second-order valence-electron chi connectivity index (χ2n) is 7.69. The molecule has 4 aromatic rings. The van der Waals surface area contributed by atoms with Crippen molar-refractivity contribution in [1.82, 2.24) is 15.2 Å². The summed E-state index contributed by atoms with van der Waals surface area (Å²) in [6, 6.07) is 19.4. The van der Waals surface area contributed by atoms with E-state index in [1.807, 2.05) is 12.1 Å². The van der Waals surface area contributed by atoms with Gasteiger partial charge in [-0.05, 0) is 59.8 Å². The summed E-state index contributed by atoms with van der Waals surface area (Å²) in [5, 5.41) is 26.7. The van der Waals surface area contributed by atoms with Crippen LogP contribution in [0.4, 0.5) is 0 Å². The number of carboxylic acid groups (broad SMARTS) is 1. The molecule has 38 heavy (non-hydrogen) atoms. The molecule has 0 bridgehead atoms. The second-order valence-corrected chi connectivity index (χ2v) is 9.14. The third-order valence-corrected chi connectivity index (χ3v) is 6.41. The van der Waals surface area contributed by atoms with Crippen LogP contribution in [0.1, 0.15) is 16.7 Å². The number of nitrogens with one attached hydrogen (secondary N) is 1. The van der Waals surface area contributed by atoms with Crippen LogP contribution in [0.15, 0.2) is 70.7 Å². The largest absolute Gasteiger partial charge is 0.496 e. The monoisotopic (exact) mass is 548 g/mol. The topological polar surface area (TPSA) is 130 Å². The molecule has 0 radical (unpaired) electrons. The van der Waals surface area contributed by atoms with Gasteiger partial charge in [0.15, 0.2) is 17.3 Å². The first-order valence-electron chi connectivity index (χ1n) is 11.1. The minimum absolute atomic E-state index is 0.00715. The molecule has 0 saturated heterocycles. The van der Waals surface area contributed by atoms with Gasteiger partial charge in [0.1, 0.15) is 17.3 Å². The summed E-state index contributed by atoms with van der Waals surface area (Å²) in [5.41, 5.74) is 2.44. The molecule has 0 saturated carbocycles. The van der Waals surface area contributed by atoms with Crippen molar-refractivity contribution in [3.8, 4) is 34.7 Å². The van der Waals surface area contributed by atoms with Crippen LogP contribution in [0.2, 0.25) is 5.02 Å². The number of thioether (sulfide) groups is 1. The van der Waals surface area contributed by atoms with Gasteiger partial charge in [0, 0.05) is 10.6 Å². The number of halogens is 1. The van der Waals surface area contributed by atoms with Gasteiger partial charge in [0.2, 0.25) is 5.16 Å². The van der Waals surface area contributed by atoms with Crippen LogP contribution in [-0.2, 0) is 11.4 Å². The first-order valence-corrected chi connectivity index (χ1v) is 12.3. The number of ether oxygens (including phenoxy) is 3. The second kappa shape index (κ2) is 12.2. The fourth-order valence-electron chi connectivity index (χ4n) is 3.47. The molecule has 0 amide bonds. The number of carboxylic acids is 1. The first-order chi connectivity index (χ1) is 18.4. The maximum Gasteiger partial charge on any atom is 0.342 e. The molecular formula is C27H21ClN4O5S. The van der Waals surface area contributed by atoms with Crippen molar-refractivity contribution >= 4 is 35.4 Å². The number of aliphatic carboxylic acids is 1. The van der Waals surface area contributed by atoms with Gasteiger partial charge in [0.05, 0.1) is 31.4 Å². The van der Waals surface area contributed by atoms with Crippen molar-refractivity contribution < 1.29 is 24.1 Å². The lowest BCUT2D eigenvalue weighted by atomic mass is 10.1. The Morgan fingerprint density at radius 1 is 1.11 bits per heavy atom. The maximum atomic E-state index is 12.0. The van der Waals surface area contributed by atoms with E-state index in [-0.39, 0.29) is 16.7 Å². The average molecular weight is 549 g/mol. The van der Waals surface area contributed by atoms with Crippen molar-refractivity contribution in [3.63, 3.8) is 0 Å². The fourth-order valence-corrected chi connectivity index (χ4v) is 4.35. The highest BCUT2D eigenvalue weighted by Crippen LogP contribution is 2.34. The summed E-state index contributed by atoms with van der Waals surface area (Å²) in [4.78, 5) is 16.4. The Kier molecular flexibility index (Phi) is 8.53. The summed E-state index contributed by atoms with van der Waals surface area (Å²) < 4.78 is 16.7. The zero-order valence-electron chi connectivity index (χ0n) is 20.3. The first kappa shape index (κ1) is 26.6. The Bertz CT molecular complexity index is 1550. The number of methoxy groups -OCH3 is 2. The summed E-state index contributed by atoms with van der Waals surface area (Å²) in [7, 11) is 3.02. The van der Waals surface area contributed by atoms with Gasteiger partial charge < -0.3 is 19.3 Å². The average Bonchev–Trinajstić information content (AvgIpc) is 3.40. The minimum atomic E-state index is -1.14. The Morgan fingerprint density at radius 3 is 2.61 bits per heavy atom. The van der Waals surface area contributed by atoms with Crippen LogP contribution in [0.3, 0.4) is 0 Å². The van der Waals surface area contributed by atoms with Crippen LogP contribution >= 0.6 is 23.4 Å². The van der Waals surface area contributed by atoms with E-state index in [0.29, 0.717) is 44.8 Å². The quantitative estimate of drug-likeness (QED) is 0.186. The van der Waals surface area contributed by atoms with Gasteiger partial charge in [-0.2, -0.15) is 5.26 Å². The van der Waals surface area contributed by atoms with Crippen LogP contribution in [0, 0.1) is 11.3 Å². The van der Waals surface area contributed by atoms with Crippen LogP contribution in [0.25, 0.3) is 17.5 Å². The van der Waals surface area contributed by atoms with Gasteiger partial charge in [-0.3, -0.25) is 5.10 Å². The van der Waals surface area contributed by atoms with Crippen molar-refractivity contribution in [1.29, 1.82) is 5.26 Å². The predicted octanol–water partition coefficient (Wildman–Crippen LogP) is 5.81. The molecule has 2 N–H and O–H groups in total. The van der Waals surface area contributed by atoms with Crippen molar-refractivity contribution in [2.75, 3.05) is 14.2 Å². The molecule has 0 aliphatic carbocycles. The predicted molar refractivity (Wildman–Crippen MR) is 143 cm³/mol. The van der Waals surface area contributed by atoms with E-state index in [2.05, 4.69) is 21.3 Å². The lowest BCUT2D eigenvalue weighted by Crippen LogP contribution is -2.00. The highest BCUT2D eigenvalue weighted by Gasteiger charge is 2.17. The van der Waals surface area contributed by atoms with E-state index in [9.17, 15) is 15.2 Å². The lowest BCUT2D eigenvalue weighted by Gasteiger charge is -2.12. The Hall–Kier alpha value is -4.46. The molecule has 0 aliphatic heterocycles. The number of benzene rings is 3. The molecule has 1 aromatic heterocycles. The Balaban J connectivity index is 1.54. The number of carbonyl (C=O) groups is 1. The molecule has 11 heteroatoms. The lowest BCUT2D eigenvalue weighted by molar-refractivity contribution is -0.131. The molecular weight excluding hydrogens is 528 g/mol. The molecule has 192 valence electrons. The van der Waals surface area contributed by atoms with Gasteiger partial charge in [-0.25, -0.2) is 9.78 Å². The van der Waals surface area contributed by atoms with E-state index >= 15 is 0 Å². The molecule has 9 nitrogen and oxygen atoms in total. The number of nitrogens with zero attached hydrogens (tertiary/aromatic N) is 3. The number of H-pyrrole nitrogens is 1. The highest BCUT2D eigenvalue weighted by atomic mass is 35.5. The number of aromatic amines is 1. The molecule has 3 aromatic carbocycles. The van der Waals surface area contributed by atoms with E-state index in [1.54, 1.807) is 48.5 Å². The molecule has 0 unspecified atom stereocenters. The summed E-state index contributed by atoms with van der Waals surface area (Å²) >= 11 is 6.99. The molecule has 4 rings (SSSR count). The number of rotatable bonds is 10. The van der Waals surface area contributed by atoms with Gasteiger partial charge in [-0.1, -0.05) is 35.9 Å². The SMILES string of the molecule is COc1cc(/C=C(\Sc2n[nH]c(-c3cc(Cl)ccc3OC)n2)C(=O)O)ccc1OCc1ccccc1C#N. The molecule has 0 fully saturated rings. The fraction of sp³-hybridized carbons (Fsp3) is 0.111. The Morgan fingerprint density at radius 2 is 1.87 bits per heavy atom. The zero-order chi connectivity index (χ0) is 27.1. The van der Waals surface area contributed by atoms with Crippen LogP contribution in [0.5, 0.6) is 17.2 Å². The standard InChI is InChI=1S/C27H21ClN4O5S/c1-35-21-10-8-19(28)13-20(21)25-30-27(32-31-25)38-24(26(33)34)12-16-7-9-22(23(11-16)36-2)37-15-18-6-4-3-5-17(18)14-29/h3-13H,15H2,1-2H3,(H,33,34)(H,30,31,32)/b24-12-. The van der Waals surface area contributed by atoms with Crippen molar-refractivity contribution in [2.45, 2.75) is 11.8 Å². The number of nitriles is 1. The normalized spacial score (nSPS) is 11.1. The van der Waals surface area contributed by atoms with Gasteiger partial charge in [-0.15, -0.1) is 5.10 Å². The zero-order valence-corrected chi connectivity index (χ0v) is 21.8. The maximum absolute atomic E-state index is 12.0. The molecule has 0 atom stereocenters. The van der Waals surface area contributed by atoms with E-state index in [0.717, 1.165) is 17.3 Å². The summed E-state index contributed by atoms with van der Waals surface area (Å²) in [6.07, 6.45) is 1.49. The minimum Gasteiger partial charge on any atom is -0.496 e. The van der Waals surface area contributed by atoms with Crippen molar-refractivity contribution in [2.24, 2.45) is 0 Å². The highest BCUT2D eigenvalue weighted by molar-refractivity contribution is 8.04. The summed E-state index contributed by atoms with van der Waals surface area (Å²) in [6.45, 7) is 0.177. The van der Waals surface area contributed by atoms with Gasteiger partial charge in [0.25, 0.3) is 0 Å². The van der Waals surface area contributed by atoms with Gasteiger partial charge >= 0.3 is 5.97 Å².